The number of nitrogens with zero attached hydrogens (tertiary/aromatic N) is 3. The van der Waals surface area contributed by atoms with Crippen molar-refractivity contribution in [3.8, 4) is 0 Å². The van der Waals surface area contributed by atoms with Gasteiger partial charge in [0.05, 0.1) is 0 Å². The summed E-state index contributed by atoms with van der Waals surface area (Å²) in [5.74, 6) is -1.41. The van der Waals surface area contributed by atoms with E-state index in [1.807, 2.05) is 30.3 Å². The molecule has 3 amide bonds. The van der Waals surface area contributed by atoms with E-state index >= 15 is 0 Å². The highest BCUT2D eigenvalue weighted by molar-refractivity contribution is 7.93. The molecule has 0 bridgehead atoms. The molecule has 0 atom stereocenters. The first-order valence-electron chi connectivity index (χ1n) is 9.54. The van der Waals surface area contributed by atoms with Crippen LogP contribution < -0.4 is 5.43 Å². The quantitative estimate of drug-likeness (QED) is 0.743. The van der Waals surface area contributed by atoms with Gasteiger partial charge in [0.2, 0.25) is 11.8 Å². The van der Waals surface area contributed by atoms with Crippen LogP contribution in [0.2, 0.25) is 0 Å². The van der Waals surface area contributed by atoms with Gasteiger partial charge in [0.15, 0.2) is 9.84 Å². The van der Waals surface area contributed by atoms with Gasteiger partial charge in [-0.1, -0.05) is 30.3 Å². The van der Waals surface area contributed by atoms with Crippen LogP contribution in [0.4, 0.5) is 0 Å². The summed E-state index contributed by atoms with van der Waals surface area (Å²) in [7, 11) is -3.66. The third-order valence-electron chi connectivity index (χ3n) is 5.85. The Morgan fingerprint density at radius 1 is 1.10 bits per heavy atom. The number of sulfone groups is 1. The number of piperidine rings is 1. The molecule has 10 heteroatoms. The van der Waals surface area contributed by atoms with Gasteiger partial charge < -0.3 is 9.80 Å². The molecule has 0 radical (unpaired) electrons. The lowest BCUT2D eigenvalue weighted by molar-refractivity contribution is -0.133. The summed E-state index contributed by atoms with van der Waals surface area (Å²) in [5, 5.41) is 3.83. The predicted octanol–water partition coefficient (Wildman–Crippen LogP) is 0.0283. The van der Waals surface area contributed by atoms with E-state index < -0.39 is 26.4 Å². The Balaban J connectivity index is 1.53. The fraction of sp³-hybridized carbons (Fsp3) is 0.474. The molecule has 3 aliphatic heterocycles. The molecular weight excluding hydrogens is 396 g/mol. The number of amides is 3. The van der Waals surface area contributed by atoms with Crippen molar-refractivity contribution in [1.29, 1.82) is 0 Å². The van der Waals surface area contributed by atoms with E-state index in [1.165, 1.54) is 4.90 Å². The minimum atomic E-state index is -3.66. The predicted molar refractivity (Wildman–Crippen MR) is 104 cm³/mol. The Morgan fingerprint density at radius 2 is 1.79 bits per heavy atom. The number of hydrogen-bond donors (Lipinski definition) is 1. The van der Waals surface area contributed by atoms with E-state index in [2.05, 4.69) is 10.5 Å². The molecule has 4 rings (SSSR count). The molecule has 0 saturated carbocycles. The van der Waals surface area contributed by atoms with Crippen molar-refractivity contribution in [2.45, 2.75) is 37.1 Å². The van der Waals surface area contributed by atoms with E-state index in [0.29, 0.717) is 0 Å². The minimum Gasteiger partial charge on any atom is -0.337 e. The molecule has 0 aromatic heterocycles. The topological polar surface area (TPSA) is 116 Å². The molecule has 1 aromatic rings. The molecule has 2 saturated heterocycles. The summed E-state index contributed by atoms with van der Waals surface area (Å²) in [4.78, 5) is 38.2. The van der Waals surface area contributed by atoms with Gasteiger partial charge in [-0.15, -0.1) is 0 Å². The summed E-state index contributed by atoms with van der Waals surface area (Å²) >= 11 is 0. The fourth-order valence-electron chi connectivity index (χ4n) is 4.22. The van der Waals surface area contributed by atoms with Crippen LogP contribution in [0.3, 0.4) is 0 Å². The van der Waals surface area contributed by atoms with Gasteiger partial charge in [-0.05, 0) is 5.56 Å². The van der Waals surface area contributed by atoms with Crippen molar-refractivity contribution in [2.24, 2.45) is 5.10 Å². The van der Waals surface area contributed by atoms with Gasteiger partial charge in [-0.25, -0.2) is 13.8 Å². The molecular formula is C19H22N4O5S. The maximum Gasteiger partial charge on any atom is 0.270 e. The lowest BCUT2D eigenvalue weighted by Crippen LogP contribution is -2.57. The molecule has 1 spiro atoms. The molecule has 1 N–H and O–H groups in total. The number of carbonyl (C=O) groups is 3. The largest absolute Gasteiger partial charge is 0.337 e. The van der Waals surface area contributed by atoms with Crippen molar-refractivity contribution in [3.05, 3.63) is 35.9 Å². The average Bonchev–Trinajstić information content (AvgIpc) is 2.89. The van der Waals surface area contributed by atoms with Crippen molar-refractivity contribution in [3.63, 3.8) is 0 Å². The maximum atomic E-state index is 12.9. The normalized spacial score (nSPS) is 23.1. The van der Waals surface area contributed by atoms with Crippen molar-refractivity contribution >= 4 is 33.3 Å². The second kappa shape index (κ2) is 7.25. The number of carbonyl (C=O) groups excluding carboxylic acids is 3. The molecule has 1 aromatic carbocycles. The molecule has 29 heavy (non-hydrogen) atoms. The molecule has 2 fully saturated rings. The zero-order valence-corrected chi connectivity index (χ0v) is 16.7. The maximum absolute atomic E-state index is 12.9. The third kappa shape index (κ3) is 3.41. The highest BCUT2D eigenvalue weighted by atomic mass is 32.2. The number of rotatable bonds is 3. The van der Waals surface area contributed by atoms with E-state index in [1.54, 1.807) is 4.90 Å². The van der Waals surface area contributed by atoms with Gasteiger partial charge in [-0.2, -0.15) is 5.10 Å². The van der Waals surface area contributed by atoms with E-state index in [-0.39, 0.29) is 62.8 Å². The van der Waals surface area contributed by atoms with Crippen LogP contribution in [0.1, 0.15) is 31.2 Å². The number of hydrogen-bond acceptors (Lipinski definition) is 6. The number of likely N-dealkylation sites (tertiary alicyclic amines) is 1. The smallest absolute Gasteiger partial charge is 0.270 e. The number of benzene rings is 1. The van der Waals surface area contributed by atoms with Crippen LogP contribution in [0.25, 0.3) is 0 Å². The summed E-state index contributed by atoms with van der Waals surface area (Å²) in [6.45, 7) is 0.652. The zero-order valence-electron chi connectivity index (χ0n) is 15.8. The monoisotopic (exact) mass is 418 g/mol. The Kier molecular flexibility index (Phi) is 4.89. The third-order valence-corrected chi connectivity index (χ3v) is 8.27. The van der Waals surface area contributed by atoms with Crippen LogP contribution in [-0.2, 0) is 30.8 Å². The summed E-state index contributed by atoms with van der Waals surface area (Å²) < 4.78 is 25.9. The second-order valence-corrected chi connectivity index (χ2v) is 9.83. The van der Waals surface area contributed by atoms with Gasteiger partial charge in [0.1, 0.15) is 16.3 Å². The fourth-order valence-corrected chi connectivity index (χ4v) is 6.28. The molecule has 154 valence electrons. The SMILES string of the molecule is O=C1CCC(C(=O)N2CCC3(CC2)N(Cc2ccccc2)C(=O)CS3(=O)=O)=NN1. The van der Waals surface area contributed by atoms with Crippen LogP contribution >= 0.6 is 0 Å². The number of nitrogens with one attached hydrogen (secondary N) is 1. The molecule has 3 aliphatic rings. The first kappa shape index (κ1) is 19.6. The molecule has 0 aliphatic carbocycles. The van der Waals surface area contributed by atoms with E-state index in [9.17, 15) is 22.8 Å². The summed E-state index contributed by atoms with van der Waals surface area (Å²) in [6.07, 6.45) is 0.803. The van der Waals surface area contributed by atoms with E-state index in [0.717, 1.165) is 5.56 Å². The first-order valence-corrected chi connectivity index (χ1v) is 11.2. The lowest BCUT2D eigenvalue weighted by atomic mass is 10.00. The lowest BCUT2D eigenvalue weighted by Gasteiger charge is -2.43. The second-order valence-electron chi connectivity index (χ2n) is 7.56. The van der Waals surface area contributed by atoms with Crippen LogP contribution in [-0.4, -0.2) is 65.4 Å². The van der Waals surface area contributed by atoms with Crippen molar-refractivity contribution < 1.29 is 22.8 Å². The Bertz CT molecular complexity index is 981. The van der Waals surface area contributed by atoms with Gasteiger partial charge in [0.25, 0.3) is 5.91 Å². The molecule has 9 nitrogen and oxygen atoms in total. The Morgan fingerprint density at radius 3 is 2.41 bits per heavy atom. The van der Waals surface area contributed by atoms with Crippen molar-refractivity contribution in [2.75, 3.05) is 18.8 Å². The molecule has 3 heterocycles. The number of hydrazone groups is 1. The zero-order chi connectivity index (χ0) is 20.6. The first-order chi connectivity index (χ1) is 13.8. The summed E-state index contributed by atoms with van der Waals surface area (Å²) in [6, 6.07) is 9.28. The highest BCUT2D eigenvalue weighted by Gasteiger charge is 2.58. The van der Waals surface area contributed by atoms with Crippen LogP contribution in [0, 0.1) is 0 Å². The Labute approximate surface area is 168 Å². The van der Waals surface area contributed by atoms with Gasteiger partial charge in [-0.3, -0.25) is 14.4 Å². The summed E-state index contributed by atoms with van der Waals surface area (Å²) in [5.41, 5.74) is 3.44. The van der Waals surface area contributed by atoms with Crippen LogP contribution in [0.15, 0.2) is 35.4 Å². The van der Waals surface area contributed by atoms with E-state index in [4.69, 9.17) is 0 Å². The minimum absolute atomic E-state index is 0.166. The van der Waals surface area contributed by atoms with Crippen LogP contribution in [0.5, 0.6) is 0 Å². The Hall–Kier alpha value is -2.75. The van der Waals surface area contributed by atoms with Gasteiger partial charge in [0, 0.05) is 45.3 Å². The standard InChI is InChI=1S/C19H22N4O5S/c24-16-7-6-15(20-21-16)18(26)22-10-8-19(9-11-22)23(17(25)13-29(19,27)28)12-14-4-2-1-3-5-14/h1-5H,6-13H2,(H,21,24). The average molecular weight is 418 g/mol. The highest BCUT2D eigenvalue weighted by Crippen LogP contribution is 2.41. The van der Waals surface area contributed by atoms with Gasteiger partial charge >= 0.3 is 0 Å². The molecule has 0 unspecified atom stereocenters. The van der Waals surface area contributed by atoms with Crippen molar-refractivity contribution in [1.82, 2.24) is 15.2 Å².